The van der Waals surface area contributed by atoms with Gasteiger partial charge in [-0.1, -0.05) is 5.16 Å². The van der Waals surface area contributed by atoms with Gasteiger partial charge < -0.3 is 15.2 Å². The van der Waals surface area contributed by atoms with Gasteiger partial charge in [0, 0.05) is 12.6 Å². The van der Waals surface area contributed by atoms with E-state index in [0.717, 1.165) is 12.8 Å². The van der Waals surface area contributed by atoms with Crippen LogP contribution in [0.3, 0.4) is 0 Å². The first-order chi connectivity index (χ1) is 9.56. The topological polar surface area (TPSA) is 113 Å². The molecule has 0 radical (unpaired) electrons. The molecule has 1 saturated heterocycles. The Labute approximate surface area is 115 Å². The second kappa shape index (κ2) is 6.18. The predicted molar refractivity (Wildman–Crippen MR) is 68.7 cm³/mol. The quantitative estimate of drug-likeness (QED) is 0.644. The molecule has 2 heterocycles. The number of amides is 3. The van der Waals surface area contributed by atoms with Crippen LogP contribution in [0.4, 0.5) is 5.82 Å². The summed E-state index contributed by atoms with van der Waals surface area (Å²) in [4.78, 5) is 35.0. The van der Waals surface area contributed by atoms with Crippen LogP contribution in [0.1, 0.15) is 25.0 Å². The van der Waals surface area contributed by atoms with Crippen LogP contribution in [0.25, 0.3) is 0 Å². The van der Waals surface area contributed by atoms with E-state index in [1.165, 1.54) is 6.07 Å². The van der Waals surface area contributed by atoms with Gasteiger partial charge in [0.25, 0.3) is 0 Å². The monoisotopic (exact) mass is 280 g/mol. The fourth-order valence-corrected chi connectivity index (χ4v) is 1.90. The van der Waals surface area contributed by atoms with Gasteiger partial charge in [-0.2, -0.15) is 0 Å². The van der Waals surface area contributed by atoms with E-state index in [2.05, 4.69) is 21.1 Å². The van der Waals surface area contributed by atoms with Crippen molar-refractivity contribution in [3.63, 3.8) is 0 Å². The molecule has 1 fully saturated rings. The minimum atomic E-state index is -0.879. The number of hydrogen-bond donors (Lipinski definition) is 3. The minimum absolute atomic E-state index is 0.160. The lowest BCUT2D eigenvalue weighted by Gasteiger charge is -2.14. The number of aromatic nitrogens is 1. The van der Waals surface area contributed by atoms with Crippen molar-refractivity contribution in [3.8, 4) is 0 Å². The van der Waals surface area contributed by atoms with Gasteiger partial charge in [0.2, 0.25) is 5.91 Å². The molecule has 20 heavy (non-hydrogen) atoms. The lowest BCUT2D eigenvalue weighted by atomic mass is 10.1. The lowest BCUT2D eigenvalue weighted by Crippen LogP contribution is -2.48. The second-order valence-electron chi connectivity index (χ2n) is 4.59. The Bertz CT molecular complexity index is 525. The number of hydrogen-bond acceptors (Lipinski definition) is 5. The number of nitrogens with zero attached hydrogens (tertiary/aromatic N) is 1. The third-order valence-corrected chi connectivity index (χ3v) is 2.92. The zero-order valence-electron chi connectivity index (χ0n) is 11.1. The molecular formula is C12H16N4O4. The molecule has 1 atom stereocenters. The van der Waals surface area contributed by atoms with Crippen LogP contribution < -0.4 is 16.0 Å². The molecule has 8 heteroatoms. The zero-order valence-corrected chi connectivity index (χ0v) is 11.1. The van der Waals surface area contributed by atoms with E-state index in [1.54, 1.807) is 6.92 Å². The number of carbonyl (C=O) groups is 3. The summed E-state index contributed by atoms with van der Waals surface area (Å²) in [6.45, 7) is 2.26. The molecule has 0 bridgehead atoms. The molecule has 3 amide bonds. The van der Waals surface area contributed by atoms with Gasteiger partial charge in [0.1, 0.15) is 11.8 Å². The molecular weight excluding hydrogens is 264 g/mol. The zero-order chi connectivity index (χ0) is 14.5. The van der Waals surface area contributed by atoms with Crippen LogP contribution in [-0.2, 0) is 14.4 Å². The standard InChI is InChI=1S/C12H16N4O4/c1-7-6-9(16-20-7)15-12(19)11(18)14-8-4-2-3-5-13-10(8)17/h6,8H,2-5H2,1H3,(H,13,17)(H,14,18)(H,15,16,19)/t8-/m0/s1. The largest absolute Gasteiger partial charge is 0.360 e. The van der Waals surface area contributed by atoms with Crippen LogP contribution >= 0.6 is 0 Å². The predicted octanol–water partition coefficient (Wildman–Crippen LogP) is -0.294. The first kappa shape index (κ1) is 14.0. The van der Waals surface area contributed by atoms with Crippen LogP contribution in [0.5, 0.6) is 0 Å². The van der Waals surface area contributed by atoms with Gasteiger partial charge in [0.15, 0.2) is 5.82 Å². The fourth-order valence-electron chi connectivity index (χ4n) is 1.90. The first-order valence-corrected chi connectivity index (χ1v) is 6.39. The molecule has 108 valence electrons. The van der Waals surface area contributed by atoms with Crippen molar-refractivity contribution in [1.82, 2.24) is 15.8 Å². The third-order valence-electron chi connectivity index (χ3n) is 2.92. The van der Waals surface area contributed by atoms with Gasteiger partial charge in [0.05, 0.1) is 0 Å². The molecule has 0 aliphatic carbocycles. The highest BCUT2D eigenvalue weighted by Crippen LogP contribution is 2.07. The molecule has 1 aromatic rings. The van der Waals surface area contributed by atoms with E-state index < -0.39 is 17.9 Å². The Hall–Kier alpha value is -2.38. The molecule has 0 saturated carbocycles. The summed E-state index contributed by atoms with van der Waals surface area (Å²) in [5.41, 5.74) is 0. The molecule has 3 N–H and O–H groups in total. The average molecular weight is 280 g/mol. The van der Waals surface area contributed by atoms with E-state index >= 15 is 0 Å². The highest BCUT2D eigenvalue weighted by Gasteiger charge is 2.25. The van der Waals surface area contributed by atoms with Crippen molar-refractivity contribution in [2.45, 2.75) is 32.2 Å². The summed E-state index contributed by atoms with van der Waals surface area (Å²) in [5, 5.41) is 10.9. The first-order valence-electron chi connectivity index (χ1n) is 6.39. The number of aryl methyl sites for hydroxylation is 1. The van der Waals surface area contributed by atoms with Crippen molar-refractivity contribution in [3.05, 3.63) is 11.8 Å². The Morgan fingerprint density at radius 3 is 2.90 bits per heavy atom. The van der Waals surface area contributed by atoms with Gasteiger partial charge in [-0.05, 0) is 26.2 Å². The molecule has 1 aliphatic rings. The van der Waals surface area contributed by atoms with Crippen LogP contribution in [0, 0.1) is 6.92 Å². The molecule has 8 nitrogen and oxygen atoms in total. The lowest BCUT2D eigenvalue weighted by molar-refractivity contribution is -0.138. The summed E-state index contributed by atoms with van der Waals surface area (Å²) in [6, 6.07) is 0.818. The molecule has 1 aliphatic heterocycles. The maximum atomic E-state index is 11.7. The van der Waals surface area contributed by atoms with Crippen molar-refractivity contribution in [2.24, 2.45) is 0 Å². The maximum absolute atomic E-state index is 11.7. The fraction of sp³-hybridized carbons (Fsp3) is 0.500. The van der Waals surface area contributed by atoms with Gasteiger partial charge in [-0.25, -0.2) is 0 Å². The van der Waals surface area contributed by atoms with Crippen LogP contribution in [0.2, 0.25) is 0 Å². The van der Waals surface area contributed by atoms with Crippen molar-refractivity contribution in [2.75, 3.05) is 11.9 Å². The molecule has 2 rings (SSSR count). The molecule has 1 aromatic heterocycles. The van der Waals surface area contributed by atoms with E-state index in [1.807, 2.05) is 0 Å². The Kier molecular flexibility index (Phi) is 4.34. The van der Waals surface area contributed by atoms with E-state index in [-0.39, 0.29) is 11.7 Å². The SMILES string of the molecule is Cc1cc(NC(=O)C(=O)N[C@H]2CCCCNC2=O)no1. The third kappa shape index (κ3) is 3.56. The summed E-state index contributed by atoms with van der Waals surface area (Å²) in [5.74, 6) is -1.33. The highest BCUT2D eigenvalue weighted by atomic mass is 16.5. The van der Waals surface area contributed by atoms with E-state index in [9.17, 15) is 14.4 Å². The highest BCUT2D eigenvalue weighted by molar-refractivity contribution is 6.39. The number of nitrogens with one attached hydrogen (secondary N) is 3. The van der Waals surface area contributed by atoms with Crippen LogP contribution in [0.15, 0.2) is 10.6 Å². The van der Waals surface area contributed by atoms with Crippen molar-refractivity contribution < 1.29 is 18.9 Å². The number of carbonyl (C=O) groups excluding carboxylic acids is 3. The summed E-state index contributed by atoms with van der Waals surface area (Å²) in [6.07, 6.45) is 2.20. The molecule has 0 aromatic carbocycles. The summed E-state index contributed by atoms with van der Waals surface area (Å²) >= 11 is 0. The minimum Gasteiger partial charge on any atom is -0.360 e. The summed E-state index contributed by atoms with van der Waals surface area (Å²) < 4.78 is 4.77. The normalized spacial score (nSPS) is 18.9. The Balaban J connectivity index is 1.90. The molecule has 0 unspecified atom stereocenters. The van der Waals surface area contributed by atoms with Crippen molar-refractivity contribution in [1.29, 1.82) is 0 Å². The smallest absolute Gasteiger partial charge is 0.314 e. The van der Waals surface area contributed by atoms with E-state index in [0.29, 0.717) is 18.7 Å². The second-order valence-corrected chi connectivity index (χ2v) is 4.59. The van der Waals surface area contributed by atoms with Gasteiger partial charge in [-0.3, -0.25) is 19.7 Å². The van der Waals surface area contributed by atoms with Gasteiger partial charge in [-0.15, -0.1) is 0 Å². The van der Waals surface area contributed by atoms with Gasteiger partial charge >= 0.3 is 11.8 Å². The van der Waals surface area contributed by atoms with Crippen LogP contribution in [-0.4, -0.2) is 35.5 Å². The average Bonchev–Trinajstić information content (AvgIpc) is 2.70. The summed E-state index contributed by atoms with van der Waals surface area (Å²) in [7, 11) is 0. The number of anilines is 1. The number of rotatable bonds is 2. The maximum Gasteiger partial charge on any atom is 0.314 e. The van der Waals surface area contributed by atoms with E-state index in [4.69, 9.17) is 4.52 Å². The Morgan fingerprint density at radius 1 is 1.40 bits per heavy atom. The Morgan fingerprint density at radius 2 is 2.20 bits per heavy atom. The molecule has 0 spiro atoms. The van der Waals surface area contributed by atoms with Crippen molar-refractivity contribution >= 4 is 23.5 Å².